The summed E-state index contributed by atoms with van der Waals surface area (Å²) >= 11 is 0. The molecule has 1 atom stereocenters. The molecule has 3 heterocycles. The highest BCUT2D eigenvalue weighted by molar-refractivity contribution is 7.90. The van der Waals surface area contributed by atoms with Crippen molar-refractivity contribution in [2.45, 2.75) is 56.4 Å². The standard InChI is InChI=1S/C17H29N3O3S.C2HF3O2/c21-16-17(7-11-19(16)13-12-18-8-1-2-9-18)6-3-10-20(14-17)24(22,23)15-4-5-15;3-2(4,5)1(6)7/h15H,1-14H2;(H,6,7). The zero-order valence-electron chi connectivity index (χ0n) is 17.4. The van der Waals surface area contributed by atoms with Crippen LogP contribution < -0.4 is 0 Å². The van der Waals surface area contributed by atoms with E-state index in [2.05, 4.69) is 4.90 Å². The highest BCUT2D eigenvalue weighted by atomic mass is 32.2. The molecule has 12 heteroatoms. The second-order valence-corrected chi connectivity index (χ2v) is 11.1. The van der Waals surface area contributed by atoms with Gasteiger partial charge in [0.1, 0.15) is 0 Å². The first-order valence-corrected chi connectivity index (χ1v) is 12.3. The molecule has 1 amide bonds. The van der Waals surface area contributed by atoms with Crippen molar-refractivity contribution in [1.82, 2.24) is 14.1 Å². The lowest BCUT2D eigenvalue weighted by molar-refractivity contribution is -0.192. The molecule has 1 aliphatic carbocycles. The lowest BCUT2D eigenvalue weighted by atomic mass is 9.79. The van der Waals surface area contributed by atoms with Crippen molar-refractivity contribution in [3.8, 4) is 0 Å². The number of sulfonamides is 1. The molecule has 0 aromatic rings. The first-order chi connectivity index (χ1) is 14.5. The van der Waals surface area contributed by atoms with Crippen LogP contribution in [0.2, 0.25) is 0 Å². The maximum absolute atomic E-state index is 13.0. The fraction of sp³-hybridized carbons (Fsp3) is 0.895. The number of carboxylic acid groups (broad SMARTS) is 1. The van der Waals surface area contributed by atoms with Gasteiger partial charge >= 0.3 is 12.1 Å². The van der Waals surface area contributed by atoms with E-state index < -0.39 is 27.6 Å². The van der Waals surface area contributed by atoms with Gasteiger partial charge in [0.05, 0.1) is 10.7 Å². The zero-order chi connectivity index (χ0) is 22.9. The van der Waals surface area contributed by atoms with E-state index >= 15 is 0 Å². The Balaban J connectivity index is 0.000000339. The molecule has 8 nitrogen and oxygen atoms in total. The van der Waals surface area contributed by atoms with Crippen molar-refractivity contribution in [3.05, 3.63) is 0 Å². The number of alkyl halides is 3. The van der Waals surface area contributed by atoms with Crippen LogP contribution in [0.15, 0.2) is 0 Å². The van der Waals surface area contributed by atoms with Gasteiger partial charge in [0, 0.05) is 32.7 Å². The molecular weight excluding hydrogens is 439 g/mol. The van der Waals surface area contributed by atoms with Gasteiger partial charge in [-0.05, 0) is 58.0 Å². The van der Waals surface area contributed by atoms with Crippen LogP contribution in [0.1, 0.15) is 44.9 Å². The molecule has 0 radical (unpaired) electrons. The number of carbonyl (C=O) groups excluding carboxylic acids is 1. The summed E-state index contributed by atoms with van der Waals surface area (Å²) < 4.78 is 58.5. The molecule has 178 valence electrons. The second kappa shape index (κ2) is 9.22. The number of piperidine rings is 1. The van der Waals surface area contributed by atoms with Gasteiger partial charge < -0.3 is 14.9 Å². The number of nitrogens with zero attached hydrogens (tertiary/aromatic N) is 3. The molecule has 1 saturated carbocycles. The predicted octanol–water partition coefficient (Wildman–Crippen LogP) is 1.52. The molecule has 4 aliphatic rings. The van der Waals surface area contributed by atoms with Crippen LogP contribution in [0.5, 0.6) is 0 Å². The van der Waals surface area contributed by atoms with Crippen molar-refractivity contribution < 1.29 is 36.3 Å². The number of likely N-dealkylation sites (tertiary alicyclic amines) is 2. The molecule has 1 N–H and O–H groups in total. The quantitative estimate of drug-likeness (QED) is 0.656. The molecule has 4 fully saturated rings. The number of hydrogen-bond acceptors (Lipinski definition) is 5. The van der Waals surface area contributed by atoms with E-state index in [0.29, 0.717) is 13.1 Å². The van der Waals surface area contributed by atoms with Gasteiger partial charge in [-0.3, -0.25) is 4.79 Å². The van der Waals surface area contributed by atoms with Gasteiger partial charge in [0.2, 0.25) is 15.9 Å². The third-order valence-corrected chi connectivity index (χ3v) is 8.92. The number of carboxylic acids is 1. The molecule has 3 saturated heterocycles. The Morgan fingerprint density at radius 3 is 2.19 bits per heavy atom. The SMILES string of the molecule is O=C(O)C(F)(F)F.O=C1N(CCN2CCCC2)CCC12CCCN(S(=O)(=O)C1CC1)C2. The van der Waals surface area contributed by atoms with Crippen molar-refractivity contribution in [2.75, 3.05) is 45.8 Å². The van der Waals surface area contributed by atoms with Crippen LogP contribution >= 0.6 is 0 Å². The van der Waals surface area contributed by atoms with E-state index in [1.807, 2.05) is 4.90 Å². The average molecular weight is 470 g/mol. The molecular formula is C19H30F3N3O5S. The smallest absolute Gasteiger partial charge is 0.475 e. The fourth-order valence-corrected chi connectivity index (χ4v) is 6.60. The minimum Gasteiger partial charge on any atom is -0.475 e. The molecule has 4 rings (SSSR count). The van der Waals surface area contributed by atoms with Crippen molar-refractivity contribution >= 4 is 21.9 Å². The molecule has 1 unspecified atom stereocenters. The number of halogens is 3. The van der Waals surface area contributed by atoms with Crippen LogP contribution in [0.3, 0.4) is 0 Å². The number of hydrogen-bond donors (Lipinski definition) is 1. The second-order valence-electron chi connectivity index (χ2n) is 8.86. The summed E-state index contributed by atoms with van der Waals surface area (Å²) in [4.78, 5) is 26.4. The highest BCUT2D eigenvalue weighted by Crippen LogP contribution is 2.42. The number of rotatable bonds is 5. The largest absolute Gasteiger partial charge is 0.490 e. The molecule has 0 aromatic heterocycles. The number of amides is 1. The van der Waals surface area contributed by atoms with E-state index in [1.54, 1.807) is 4.31 Å². The third kappa shape index (κ3) is 5.70. The van der Waals surface area contributed by atoms with E-state index in [4.69, 9.17) is 9.90 Å². The van der Waals surface area contributed by atoms with Crippen molar-refractivity contribution in [3.63, 3.8) is 0 Å². The van der Waals surface area contributed by atoms with Crippen LogP contribution in [0, 0.1) is 5.41 Å². The Labute approximate surface area is 180 Å². The first-order valence-electron chi connectivity index (χ1n) is 10.8. The van der Waals surface area contributed by atoms with Gasteiger partial charge in [-0.25, -0.2) is 17.5 Å². The van der Waals surface area contributed by atoms with Crippen LogP contribution in [-0.2, 0) is 19.6 Å². The van der Waals surface area contributed by atoms with E-state index in [1.165, 1.54) is 12.8 Å². The van der Waals surface area contributed by atoms with E-state index in [0.717, 1.165) is 64.8 Å². The first kappa shape index (κ1) is 24.2. The monoisotopic (exact) mass is 469 g/mol. The Hall–Kier alpha value is -1.40. The van der Waals surface area contributed by atoms with E-state index in [9.17, 15) is 26.4 Å². The number of aliphatic carboxylic acids is 1. The molecule has 3 aliphatic heterocycles. The van der Waals surface area contributed by atoms with Gasteiger partial charge in [0.25, 0.3) is 0 Å². The average Bonchev–Trinajstić information content (AvgIpc) is 3.38. The summed E-state index contributed by atoms with van der Waals surface area (Å²) in [7, 11) is -3.16. The molecule has 0 bridgehead atoms. The van der Waals surface area contributed by atoms with Gasteiger partial charge in [-0.2, -0.15) is 13.2 Å². The normalized spacial score (nSPS) is 28.1. The van der Waals surface area contributed by atoms with Gasteiger partial charge in [-0.15, -0.1) is 0 Å². The van der Waals surface area contributed by atoms with Crippen molar-refractivity contribution in [2.24, 2.45) is 5.41 Å². The minimum atomic E-state index is -5.08. The Bertz CT molecular complexity index is 781. The molecule has 1 spiro atoms. The Morgan fingerprint density at radius 2 is 1.65 bits per heavy atom. The minimum absolute atomic E-state index is 0.171. The van der Waals surface area contributed by atoms with Crippen LogP contribution in [-0.4, -0.2) is 96.7 Å². The summed E-state index contributed by atoms with van der Waals surface area (Å²) in [6.45, 7) is 5.89. The van der Waals surface area contributed by atoms with Crippen LogP contribution in [0.4, 0.5) is 13.2 Å². The maximum atomic E-state index is 13.0. The molecule has 31 heavy (non-hydrogen) atoms. The summed E-state index contributed by atoms with van der Waals surface area (Å²) in [5.74, 6) is -2.55. The van der Waals surface area contributed by atoms with Crippen molar-refractivity contribution in [1.29, 1.82) is 0 Å². The summed E-state index contributed by atoms with van der Waals surface area (Å²) in [6.07, 6.45) is 1.53. The van der Waals surface area contributed by atoms with Gasteiger partial charge in [0.15, 0.2) is 0 Å². The topological polar surface area (TPSA) is 98.2 Å². The lowest BCUT2D eigenvalue weighted by Crippen LogP contribution is -2.51. The Kier molecular flexibility index (Phi) is 7.21. The lowest BCUT2D eigenvalue weighted by Gasteiger charge is -2.38. The zero-order valence-corrected chi connectivity index (χ0v) is 18.3. The van der Waals surface area contributed by atoms with Gasteiger partial charge in [-0.1, -0.05) is 0 Å². The van der Waals surface area contributed by atoms with E-state index in [-0.39, 0.29) is 11.2 Å². The molecule has 0 aromatic carbocycles. The summed E-state index contributed by atoms with van der Waals surface area (Å²) in [5.41, 5.74) is -0.439. The maximum Gasteiger partial charge on any atom is 0.490 e. The summed E-state index contributed by atoms with van der Waals surface area (Å²) in [5, 5.41) is 6.95. The summed E-state index contributed by atoms with van der Waals surface area (Å²) in [6, 6.07) is 0. The Morgan fingerprint density at radius 1 is 1.03 bits per heavy atom. The third-order valence-electron chi connectivity index (χ3n) is 6.58. The number of carbonyl (C=O) groups is 2. The van der Waals surface area contributed by atoms with Crippen LogP contribution in [0.25, 0.3) is 0 Å². The fourth-order valence-electron chi connectivity index (χ4n) is 4.64. The highest BCUT2D eigenvalue weighted by Gasteiger charge is 2.52. The predicted molar refractivity (Wildman–Crippen MR) is 106 cm³/mol.